The first-order valence-electron chi connectivity index (χ1n) is 8.23. The van der Waals surface area contributed by atoms with E-state index in [0.717, 1.165) is 38.6 Å². The molecule has 0 N–H and O–H groups in total. The van der Waals surface area contributed by atoms with E-state index < -0.39 is 0 Å². The lowest BCUT2D eigenvalue weighted by atomic mass is 10.0. The third-order valence-corrected chi connectivity index (χ3v) is 5.03. The van der Waals surface area contributed by atoms with Crippen LogP contribution in [0.2, 0.25) is 0 Å². The van der Waals surface area contributed by atoms with E-state index in [2.05, 4.69) is 39.1 Å². The smallest absolute Gasteiger partial charge is 0.189 e. The van der Waals surface area contributed by atoms with Crippen LogP contribution in [-0.2, 0) is 0 Å². The van der Waals surface area contributed by atoms with Crippen LogP contribution in [0, 0.1) is 6.92 Å². The number of hydrogen-bond acceptors (Lipinski definition) is 5. The van der Waals surface area contributed by atoms with Crippen molar-refractivity contribution >= 4 is 22.2 Å². The van der Waals surface area contributed by atoms with Crippen molar-refractivity contribution in [2.75, 3.05) is 7.11 Å². The van der Waals surface area contributed by atoms with Gasteiger partial charge >= 0.3 is 0 Å². The zero-order valence-electron chi connectivity index (χ0n) is 15.0. The summed E-state index contributed by atoms with van der Waals surface area (Å²) >= 11 is 1.61. The highest BCUT2D eigenvalue weighted by Crippen LogP contribution is 2.33. The average Bonchev–Trinajstić information content (AvgIpc) is 3.04. The number of ether oxygens (including phenoxy) is 1. The third kappa shape index (κ3) is 2.88. The average molecular weight is 341 g/mol. The molecule has 24 heavy (non-hydrogen) atoms. The van der Waals surface area contributed by atoms with Gasteiger partial charge in [-0.25, -0.2) is 15.0 Å². The van der Waals surface area contributed by atoms with Gasteiger partial charge in [0.25, 0.3) is 0 Å². The number of methoxy groups -OCH3 is 1. The number of rotatable bonds is 4. The van der Waals surface area contributed by atoms with Gasteiger partial charge in [-0.15, -0.1) is 11.3 Å². The molecule has 1 aromatic carbocycles. The number of nitrogens with zero attached hydrogens (tertiary/aromatic N) is 3. The Balaban J connectivity index is 2.26. The summed E-state index contributed by atoms with van der Waals surface area (Å²) in [4.78, 5) is 14.4. The molecule has 126 valence electrons. The Kier molecular flexibility index (Phi) is 4.54. The second-order valence-corrected chi connectivity index (χ2v) is 7.47. The molecular formula is C19H23N3OS. The van der Waals surface area contributed by atoms with E-state index in [9.17, 15) is 0 Å². The number of aryl methyl sites for hydroxylation is 1. The number of hydrogen-bond donors (Lipinski definition) is 0. The first-order valence-corrected chi connectivity index (χ1v) is 9.11. The number of fused-ring (bicyclic) bond motifs is 1. The molecule has 5 heteroatoms. The molecule has 0 amide bonds. The minimum absolute atomic E-state index is 0.312. The summed E-state index contributed by atoms with van der Waals surface area (Å²) in [5.41, 5.74) is 4.14. The van der Waals surface area contributed by atoms with Crippen LogP contribution in [0.3, 0.4) is 0 Å². The summed E-state index contributed by atoms with van der Waals surface area (Å²) < 4.78 is 5.46. The molecule has 0 radical (unpaired) electrons. The maximum atomic E-state index is 5.46. The topological polar surface area (TPSA) is 47.9 Å². The normalized spacial score (nSPS) is 11.7. The number of thiazole rings is 1. The monoisotopic (exact) mass is 341 g/mol. The predicted octanol–water partition coefficient (Wildman–Crippen LogP) is 5.32. The lowest BCUT2D eigenvalue weighted by Crippen LogP contribution is -2.02. The van der Waals surface area contributed by atoms with Crippen molar-refractivity contribution in [2.45, 2.75) is 46.5 Å². The highest BCUT2D eigenvalue weighted by molar-refractivity contribution is 7.13. The quantitative estimate of drug-likeness (QED) is 0.644. The molecule has 0 unspecified atom stereocenters. The Bertz CT molecular complexity index is 884. The van der Waals surface area contributed by atoms with Crippen molar-refractivity contribution in [3.63, 3.8) is 0 Å². The summed E-state index contributed by atoms with van der Waals surface area (Å²) in [6, 6.07) is 4.05. The van der Waals surface area contributed by atoms with Gasteiger partial charge in [0.1, 0.15) is 5.75 Å². The van der Waals surface area contributed by atoms with Crippen LogP contribution < -0.4 is 4.74 Å². The summed E-state index contributed by atoms with van der Waals surface area (Å²) in [7, 11) is 1.69. The van der Waals surface area contributed by atoms with E-state index in [1.807, 2.05) is 13.0 Å². The molecule has 0 aliphatic carbocycles. The van der Waals surface area contributed by atoms with Crippen molar-refractivity contribution in [2.24, 2.45) is 0 Å². The lowest BCUT2D eigenvalue weighted by molar-refractivity contribution is 0.412. The van der Waals surface area contributed by atoms with E-state index in [0.29, 0.717) is 17.7 Å². The zero-order chi connectivity index (χ0) is 17.4. The molecule has 2 aromatic heterocycles. The minimum atomic E-state index is 0.312. The van der Waals surface area contributed by atoms with Gasteiger partial charge in [-0.3, -0.25) is 0 Å². The zero-order valence-corrected chi connectivity index (χ0v) is 15.9. The standard InChI is InChI=1S/C19H23N3OS/c1-10(2)14-9-24-19(20-14)18-21-16(11(3)4)13-7-8-15(23-6)12(5)17(13)22-18/h7-11H,1-6H3. The maximum absolute atomic E-state index is 5.46. The third-order valence-electron chi connectivity index (χ3n) is 4.17. The highest BCUT2D eigenvalue weighted by Gasteiger charge is 2.17. The Hall–Kier alpha value is -2.01. The van der Waals surface area contributed by atoms with Gasteiger partial charge in [0.05, 0.1) is 24.0 Å². The van der Waals surface area contributed by atoms with Crippen molar-refractivity contribution in [3.8, 4) is 16.6 Å². The van der Waals surface area contributed by atoms with Crippen LogP contribution in [0.25, 0.3) is 21.7 Å². The molecule has 4 nitrogen and oxygen atoms in total. The molecule has 0 aliphatic heterocycles. The fraction of sp³-hybridized carbons (Fsp3) is 0.421. The van der Waals surface area contributed by atoms with Gasteiger partial charge in [0, 0.05) is 16.3 Å². The molecule has 0 fully saturated rings. The Labute approximate surface area is 147 Å². The SMILES string of the molecule is COc1ccc2c(C(C)C)nc(-c3nc(C(C)C)cs3)nc2c1C. The van der Waals surface area contributed by atoms with Gasteiger partial charge < -0.3 is 4.74 Å². The molecule has 0 atom stereocenters. The summed E-state index contributed by atoms with van der Waals surface area (Å²) in [6.45, 7) is 10.7. The Morgan fingerprint density at radius 2 is 1.75 bits per heavy atom. The van der Waals surface area contributed by atoms with E-state index in [1.165, 1.54) is 0 Å². The molecule has 2 heterocycles. The second kappa shape index (κ2) is 6.48. The summed E-state index contributed by atoms with van der Waals surface area (Å²) in [5.74, 6) is 2.27. The van der Waals surface area contributed by atoms with Crippen molar-refractivity contribution in [1.82, 2.24) is 15.0 Å². The predicted molar refractivity (Wildman–Crippen MR) is 100 cm³/mol. The van der Waals surface area contributed by atoms with Crippen LogP contribution in [-0.4, -0.2) is 22.1 Å². The van der Waals surface area contributed by atoms with Crippen LogP contribution in [0.15, 0.2) is 17.5 Å². The molecule has 0 spiro atoms. The molecule has 3 rings (SSSR count). The largest absolute Gasteiger partial charge is 0.496 e. The molecule has 3 aromatic rings. The Morgan fingerprint density at radius 3 is 2.33 bits per heavy atom. The summed E-state index contributed by atoms with van der Waals surface area (Å²) in [6.07, 6.45) is 0. The van der Waals surface area contributed by atoms with Gasteiger partial charge in [0.15, 0.2) is 10.8 Å². The fourth-order valence-corrected chi connectivity index (χ4v) is 3.66. The molecule has 0 saturated carbocycles. The minimum Gasteiger partial charge on any atom is -0.496 e. The number of aromatic nitrogens is 3. The van der Waals surface area contributed by atoms with Gasteiger partial charge in [0.2, 0.25) is 0 Å². The second-order valence-electron chi connectivity index (χ2n) is 6.61. The summed E-state index contributed by atoms with van der Waals surface area (Å²) in [5, 5.41) is 4.07. The van der Waals surface area contributed by atoms with Crippen molar-refractivity contribution in [3.05, 3.63) is 34.5 Å². The maximum Gasteiger partial charge on any atom is 0.189 e. The fourth-order valence-electron chi connectivity index (χ4n) is 2.75. The first-order chi connectivity index (χ1) is 11.4. The van der Waals surface area contributed by atoms with Crippen LogP contribution in [0.5, 0.6) is 5.75 Å². The van der Waals surface area contributed by atoms with E-state index in [-0.39, 0.29) is 0 Å². The Morgan fingerprint density at radius 1 is 1.00 bits per heavy atom. The van der Waals surface area contributed by atoms with Gasteiger partial charge in [-0.2, -0.15) is 0 Å². The van der Waals surface area contributed by atoms with Crippen molar-refractivity contribution < 1.29 is 4.74 Å². The van der Waals surface area contributed by atoms with Crippen LogP contribution >= 0.6 is 11.3 Å². The van der Waals surface area contributed by atoms with E-state index in [1.54, 1.807) is 18.4 Å². The first kappa shape index (κ1) is 16.8. The van der Waals surface area contributed by atoms with Crippen LogP contribution in [0.1, 0.15) is 56.5 Å². The highest BCUT2D eigenvalue weighted by atomic mass is 32.1. The molecular weight excluding hydrogens is 318 g/mol. The van der Waals surface area contributed by atoms with Gasteiger partial charge in [-0.1, -0.05) is 27.7 Å². The lowest BCUT2D eigenvalue weighted by Gasteiger charge is -2.13. The van der Waals surface area contributed by atoms with Crippen molar-refractivity contribution in [1.29, 1.82) is 0 Å². The molecule has 0 bridgehead atoms. The van der Waals surface area contributed by atoms with Crippen LogP contribution in [0.4, 0.5) is 0 Å². The van der Waals surface area contributed by atoms with E-state index >= 15 is 0 Å². The van der Waals surface area contributed by atoms with Gasteiger partial charge in [-0.05, 0) is 30.9 Å². The number of benzene rings is 1. The van der Waals surface area contributed by atoms with E-state index in [4.69, 9.17) is 19.7 Å². The molecule has 0 saturated heterocycles. The molecule has 0 aliphatic rings.